The Bertz CT molecular complexity index is 1410. The van der Waals surface area contributed by atoms with Crippen LogP contribution in [-0.4, -0.2) is 16.6 Å². The average Bonchev–Trinajstić information content (AvgIpc) is 3.39. The number of fused-ring (bicyclic) bond motifs is 4. The van der Waals surface area contributed by atoms with E-state index in [0.717, 1.165) is 22.5 Å². The SMILES string of the molecule is N#CC1=C2N=C(N)c3ccccc3N2C2=C(C(=O)C[C@H](c3cccs3)C2)[C@H]1c1cccnc1. The summed E-state index contributed by atoms with van der Waals surface area (Å²) in [4.78, 5) is 25.9. The van der Waals surface area contributed by atoms with Gasteiger partial charge < -0.3 is 5.73 Å². The zero-order valence-corrected chi connectivity index (χ0v) is 18.4. The number of nitriles is 1. The number of anilines is 1. The predicted octanol–water partition coefficient (Wildman–Crippen LogP) is 4.60. The molecule has 7 heteroatoms. The van der Waals surface area contributed by atoms with E-state index >= 15 is 0 Å². The van der Waals surface area contributed by atoms with Crippen molar-refractivity contribution < 1.29 is 4.79 Å². The van der Waals surface area contributed by atoms with E-state index in [-0.39, 0.29) is 11.7 Å². The molecule has 2 aromatic heterocycles. The maximum Gasteiger partial charge on any atom is 0.162 e. The summed E-state index contributed by atoms with van der Waals surface area (Å²) in [5, 5.41) is 12.3. The maximum atomic E-state index is 13.7. The van der Waals surface area contributed by atoms with Gasteiger partial charge in [-0.25, -0.2) is 4.99 Å². The first-order valence-corrected chi connectivity index (χ1v) is 11.6. The summed E-state index contributed by atoms with van der Waals surface area (Å²) in [5.41, 5.74) is 10.8. The first kappa shape index (κ1) is 19.6. The van der Waals surface area contributed by atoms with Crippen LogP contribution in [0.3, 0.4) is 0 Å². The number of rotatable bonds is 2. The number of thiophene rings is 1. The van der Waals surface area contributed by atoms with E-state index < -0.39 is 5.92 Å². The Balaban J connectivity index is 1.63. The number of ketones is 1. The molecule has 2 aliphatic heterocycles. The molecule has 0 radical (unpaired) electrons. The van der Waals surface area contributed by atoms with Crippen LogP contribution in [0.1, 0.15) is 40.7 Å². The molecule has 0 bridgehead atoms. The topological polar surface area (TPSA) is 95.4 Å². The van der Waals surface area contributed by atoms with Crippen molar-refractivity contribution in [3.05, 3.63) is 105 Å². The van der Waals surface area contributed by atoms with Crippen molar-refractivity contribution in [2.75, 3.05) is 4.90 Å². The van der Waals surface area contributed by atoms with E-state index in [0.29, 0.717) is 35.6 Å². The van der Waals surface area contributed by atoms with Crippen molar-refractivity contribution in [3.8, 4) is 6.07 Å². The third-order valence-electron chi connectivity index (χ3n) is 6.51. The molecular weight excluding hydrogens is 430 g/mol. The lowest BCUT2D eigenvalue weighted by Crippen LogP contribution is -2.40. The average molecular weight is 450 g/mol. The Morgan fingerprint density at radius 3 is 2.76 bits per heavy atom. The van der Waals surface area contributed by atoms with E-state index in [1.807, 2.05) is 52.7 Å². The highest BCUT2D eigenvalue weighted by atomic mass is 32.1. The number of pyridine rings is 1. The third-order valence-corrected chi connectivity index (χ3v) is 7.55. The fourth-order valence-electron chi connectivity index (χ4n) is 5.12. The number of benzene rings is 1. The largest absolute Gasteiger partial charge is 0.383 e. The second-order valence-electron chi connectivity index (χ2n) is 8.32. The van der Waals surface area contributed by atoms with Crippen molar-refractivity contribution in [1.29, 1.82) is 5.26 Å². The van der Waals surface area contributed by atoms with E-state index in [1.165, 1.54) is 4.88 Å². The van der Waals surface area contributed by atoms with Crippen LogP contribution in [0.15, 0.2) is 94.0 Å². The van der Waals surface area contributed by atoms with Gasteiger partial charge in [0.05, 0.1) is 23.2 Å². The monoisotopic (exact) mass is 449 g/mol. The van der Waals surface area contributed by atoms with Gasteiger partial charge in [-0.15, -0.1) is 11.3 Å². The molecule has 0 saturated carbocycles. The number of amidine groups is 1. The molecule has 0 saturated heterocycles. The normalized spacial score (nSPS) is 21.7. The molecule has 0 unspecified atom stereocenters. The molecule has 0 amide bonds. The van der Waals surface area contributed by atoms with Gasteiger partial charge in [0.25, 0.3) is 0 Å². The van der Waals surface area contributed by atoms with E-state index in [9.17, 15) is 10.1 Å². The smallest absolute Gasteiger partial charge is 0.162 e. The van der Waals surface area contributed by atoms with Crippen LogP contribution in [0.5, 0.6) is 0 Å². The number of hydrogen-bond donors (Lipinski definition) is 1. The first-order chi connectivity index (χ1) is 16.2. The number of carbonyl (C=O) groups excluding carboxylic acids is 1. The van der Waals surface area contributed by atoms with Gasteiger partial charge in [-0.2, -0.15) is 5.26 Å². The number of aliphatic imine (C=N–C) groups is 1. The number of allylic oxidation sites excluding steroid dienone is 3. The molecule has 4 heterocycles. The minimum atomic E-state index is -0.511. The molecule has 1 aliphatic carbocycles. The standard InChI is InChI=1S/C26H19N5OS/c27-13-18-23(15-5-3-9-29-14-15)24-20(11-16(12-21(24)32)22-8-4-10-33-22)31-19-7-2-1-6-17(19)25(28)30-26(18)31/h1-10,14,16,23H,11-12H2,(H2,28,30)/t16-,23+/m1/s1. The molecule has 2 N–H and O–H groups in total. The van der Waals surface area contributed by atoms with Crippen LogP contribution in [-0.2, 0) is 4.79 Å². The van der Waals surface area contributed by atoms with Crippen molar-refractivity contribution in [3.63, 3.8) is 0 Å². The highest BCUT2D eigenvalue weighted by Gasteiger charge is 2.45. The summed E-state index contributed by atoms with van der Waals surface area (Å²) in [7, 11) is 0. The molecule has 2 atom stereocenters. The predicted molar refractivity (Wildman–Crippen MR) is 128 cm³/mol. The van der Waals surface area contributed by atoms with Crippen LogP contribution in [0.2, 0.25) is 0 Å². The van der Waals surface area contributed by atoms with Gasteiger partial charge in [0.2, 0.25) is 0 Å². The number of nitrogens with zero attached hydrogens (tertiary/aromatic N) is 4. The quantitative estimate of drug-likeness (QED) is 0.617. The van der Waals surface area contributed by atoms with Crippen LogP contribution in [0, 0.1) is 11.3 Å². The van der Waals surface area contributed by atoms with Crippen molar-refractivity contribution in [1.82, 2.24) is 4.98 Å². The van der Waals surface area contributed by atoms with Crippen LogP contribution in [0.4, 0.5) is 5.69 Å². The summed E-state index contributed by atoms with van der Waals surface area (Å²) in [6.45, 7) is 0. The number of carbonyl (C=O) groups is 1. The Kier molecular flexibility index (Phi) is 4.49. The molecule has 0 spiro atoms. The van der Waals surface area contributed by atoms with Gasteiger partial charge in [-0.05, 0) is 41.6 Å². The van der Waals surface area contributed by atoms with Crippen LogP contribution in [0.25, 0.3) is 0 Å². The van der Waals surface area contributed by atoms with Gasteiger partial charge in [0.15, 0.2) is 11.6 Å². The minimum absolute atomic E-state index is 0.0651. The molecule has 3 aliphatic rings. The molecule has 160 valence electrons. The van der Waals surface area contributed by atoms with E-state index in [1.54, 1.807) is 23.7 Å². The lowest BCUT2D eigenvalue weighted by molar-refractivity contribution is -0.116. The fourth-order valence-corrected chi connectivity index (χ4v) is 5.95. The van der Waals surface area contributed by atoms with Crippen LogP contribution < -0.4 is 10.6 Å². The molecule has 0 fully saturated rings. The summed E-state index contributed by atoms with van der Waals surface area (Å²) in [6.07, 6.45) is 4.52. The first-order valence-electron chi connectivity index (χ1n) is 10.7. The lowest BCUT2D eigenvalue weighted by Gasteiger charge is -2.43. The van der Waals surface area contributed by atoms with Gasteiger partial charge in [0, 0.05) is 46.4 Å². The Hall–Kier alpha value is -4.02. The second-order valence-corrected chi connectivity index (χ2v) is 9.30. The lowest BCUT2D eigenvalue weighted by atomic mass is 9.73. The number of para-hydroxylation sites is 1. The molecule has 6 nitrogen and oxygen atoms in total. The van der Waals surface area contributed by atoms with E-state index in [2.05, 4.69) is 17.1 Å². The summed E-state index contributed by atoms with van der Waals surface area (Å²) in [6, 6.07) is 18.0. The molecule has 3 aromatic rings. The Morgan fingerprint density at radius 1 is 1.12 bits per heavy atom. The van der Waals surface area contributed by atoms with Gasteiger partial charge >= 0.3 is 0 Å². The summed E-state index contributed by atoms with van der Waals surface area (Å²) >= 11 is 1.67. The van der Waals surface area contributed by atoms with Crippen LogP contribution >= 0.6 is 11.3 Å². The maximum absolute atomic E-state index is 13.7. The van der Waals surface area contributed by atoms with Crippen molar-refractivity contribution >= 4 is 28.6 Å². The fraction of sp³-hybridized carbons (Fsp3) is 0.154. The Morgan fingerprint density at radius 2 is 2.00 bits per heavy atom. The van der Waals surface area contributed by atoms with Crippen molar-refractivity contribution in [2.45, 2.75) is 24.7 Å². The molecule has 1 aromatic carbocycles. The van der Waals surface area contributed by atoms with Gasteiger partial charge in [-0.1, -0.05) is 24.3 Å². The van der Waals surface area contributed by atoms with Gasteiger partial charge in [-0.3, -0.25) is 14.7 Å². The minimum Gasteiger partial charge on any atom is -0.383 e. The summed E-state index contributed by atoms with van der Waals surface area (Å²) in [5.74, 6) is 0.515. The third kappa shape index (κ3) is 2.95. The number of aromatic nitrogens is 1. The highest BCUT2D eigenvalue weighted by molar-refractivity contribution is 7.10. The summed E-state index contributed by atoms with van der Waals surface area (Å²) < 4.78 is 0. The number of nitrogens with two attached hydrogens (primary N) is 1. The van der Waals surface area contributed by atoms with Crippen molar-refractivity contribution in [2.24, 2.45) is 10.7 Å². The highest BCUT2D eigenvalue weighted by Crippen LogP contribution is 2.51. The molecule has 6 rings (SSSR count). The zero-order valence-electron chi connectivity index (χ0n) is 17.6. The van der Waals surface area contributed by atoms with Gasteiger partial charge in [0.1, 0.15) is 5.84 Å². The number of Topliss-reactive ketones (excluding diaryl/α,β-unsaturated/α-hetero) is 1. The Labute approximate surface area is 195 Å². The zero-order chi connectivity index (χ0) is 22.5. The molecular formula is C26H19N5OS. The second kappa shape index (κ2) is 7.54. The molecule has 33 heavy (non-hydrogen) atoms. The number of hydrogen-bond acceptors (Lipinski definition) is 7. The van der Waals surface area contributed by atoms with E-state index in [4.69, 9.17) is 10.7 Å².